The molecule has 0 fully saturated rings. The zero-order chi connectivity index (χ0) is 13.2. The van der Waals surface area contributed by atoms with Gasteiger partial charge in [-0.25, -0.2) is 4.98 Å². The quantitative estimate of drug-likeness (QED) is 0.842. The molecule has 0 N–H and O–H groups in total. The average molecular weight is 260 g/mol. The predicted octanol–water partition coefficient (Wildman–Crippen LogP) is 1.87. The summed E-state index contributed by atoms with van der Waals surface area (Å²) in [7, 11) is 2.15. The third-order valence-electron chi connectivity index (χ3n) is 3.71. The molecule has 3 heterocycles. The first-order valence-corrected chi connectivity index (χ1v) is 6.81. The van der Waals surface area contributed by atoms with Crippen LogP contribution in [0.2, 0.25) is 0 Å². The summed E-state index contributed by atoms with van der Waals surface area (Å²) >= 11 is 0. The Morgan fingerprint density at radius 2 is 2.42 bits per heavy atom. The minimum atomic E-state index is 0.694. The lowest BCUT2D eigenvalue weighted by Crippen LogP contribution is -2.31. The molecule has 0 aliphatic carbocycles. The Labute approximate surface area is 113 Å². The lowest BCUT2D eigenvalue weighted by atomic mass is 9.99. The molecule has 0 aromatic carbocycles. The SMILES string of the molecule is Cc1cc(CN(C)C[C@H]2CCc3nccn3C2)no1. The van der Waals surface area contributed by atoms with Crippen LogP contribution in [-0.2, 0) is 19.5 Å². The van der Waals surface area contributed by atoms with E-state index < -0.39 is 0 Å². The zero-order valence-electron chi connectivity index (χ0n) is 11.5. The fraction of sp³-hybridized carbons (Fsp3) is 0.571. The van der Waals surface area contributed by atoms with Gasteiger partial charge < -0.3 is 14.0 Å². The summed E-state index contributed by atoms with van der Waals surface area (Å²) < 4.78 is 7.38. The van der Waals surface area contributed by atoms with E-state index >= 15 is 0 Å². The van der Waals surface area contributed by atoms with Crippen LogP contribution in [0.15, 0.2) is 23.0 Å². The van der Waals surface area contributed by atoms with Crippen LogP contribution in [0.1, 0.15) is 23.7 Å². The highest BCUT2D eigenvalue weighted by atomic mass is 16.5. The third kappa shape index (κ3) is 2.87. The van der Waals surface area contributed by atoms with Gasteiger partial charge >= 0.3 is 0 Å². The van der Waals surface area contributed by atoms with E-state index in [9.17, 15) is 0 Å². The van der Waals surface area contributed by atoms with Crippen LogP contribution >= 0.6 is 0 Å². The topological polar surface area (TPSA) is 47.1 Å². The van der Waals surface area contributed by atoms with Gasteiger partial charge in [-0.15, -0.1) is 0 Å². The summed E-state index contributed by atoms with van der Waals surface area (Å²) in [6.45, 7) is 4.95. The summed E-state index contributed by atoms with van der Waals surface area (Å²) in [5, 5.41) is 4.04. The second-order valence-corrected chi connectivity index (χ2v) is 5.53. The normalized spacial score (nSPS) is 18.8. The van der Waals surface area contributed by atoms with Crippen molar-refractivity contribution >= 4 is 0 Å². The van der Waals surface area contributed by atoms with Crippen LogP contribution in [0.3, 0.4) is 0 Å². The summed E-state index contributed by atoms with van der Waals surface area (Å²) in [4.78, 5) is 6.69. The molecule has 3 rings (SSSR count). The van der Waals surface area contributed by atoms with Crippen molar-refractivity contribution in [3.05, 3.63) is 35.7 Å². The molecule has 1 aliphatic heterocycles. The molecule has 1 aliphatic rings. The smallest absolute Gasteiger partial charge is 0.133 e. The van der Waals surface area contributed by atoms with E-state index in [2.05, 4.69) is 32.9 Å². The van der Waals surface area contributed by atoms with Crippen LogP contribution in [0.25, 0.3) is 0 Å². The maximum Gasteiger partial charge on any atom is 0.133 e. The Kier molecular flexibility index (Phi) is 3.38. The number of hydrogen-bond acceptors (Lipinski definition) is 4. The second-order valence-electron chi connectivity index (χ2n) is 5.53. The van der Waals surface area contributed by atoms with Crippen molar-refractivity contribution in [2.75, 3.05) is 13.6 Å². The van der Waals surface area contributed by atoms with Crippen LogP contribution < -0.4 is 0 Å². The number of hydrogen-bond donors (Lipinski definition) is 0. The Hall–Kier alpha value is -1.62. The van der Waals surface area contributed by atoms with Gasteiger partial charge in [0.15, 0.2) is 0 Å². The second kappa shape index (κ2) is 5.17. The highest BCUT2D eigenvalue weighted by Gasteiger charge is 2.20. The summed E-state index contributed by atoms with van der Waals surface area (Å²) in [6.07, 6.45) is 6.30. The van der Waals surface area contributed by atoms with Gasteiger partial charge in [-0.05, 0) is 26.3 Å². The monoisotopic (exact) mass is 260 g/mol. The highest BCUT2D eigenvalue weighted by molar-refractivity contribution is 5.03. The van der Waals surface area contributed by atoms with E-state index in [4.69, 9.17) is 4.52 Å². The van der Waals surface area contributed by atoms with Crippen LogP contribution in [0.5, 0.6) is 0 Å². The van der Waals surface area contributed by atoms with Crippen molar-refractivity contribution in [1.82, 2.24) is 19.6 Å². The number of aromatic nitrogens is 3. The summed E-state index contributed by atoms with van der Waals surface area (Å²) in [5.41, 5.74) is 1.01. The summed E-state index contributed by atoms with van der Waals surface area (Å²) in [5.74, 6) is 2.80. The first-order chi connectivity index (χ1) is 9.20. The number of rotatable bonds is 4. The lowest BCUT2D eigenvalue weighted by Gasteiger charge is -2.27. The van der Waals surface area contributed by atoms with Crippen molar-refractivity contribution in [2.24, 2.45) is 5.92 Å². The minimum absolute atomic E-state index is 0.694. The number of imidazole rings is 1. The Bertz CT molecular complexity index is 545. The van der Waals surface area contributed by atoms with E-state index in [1.54, 1.807) is 0 Å². The maximum atomic E-state index is 5.10. The van der Waals surface area contributed by atoms with E-state index in [0.29, 0.717) is 5.92 Å². The van der Waals surface area contributed by atoms with Crippen LogP contribution in [-0.4, -0.2) is 33.2 Å². The highest BCUT2D eigenvalue weighted by Crippen LogP contribution is 2.19. The van der Waals surface area contributed by atoms with Crippen molar-refractivity contribution in [2.45, 2.75) is 32.9 Å². The van der Waals surface area contributed by atoms with Crippen molar-refractivity contribution in [3.8, 4) is 0 Å². The van der Waals surface area contributed by atoms with Gasteiger partial charge in [0.25, 0.3) is 0 Å². The molecular weight excluding hydrogens is 240 g/mol. The van der Waals surface area contributed by atoms with Gasteiger partial charge in [0.1, 0.15) is 11.6 Å². The third-order valence-corrected chi connectivity index (χ3v) is 3.71. The Morgan fingerprint density at radius 1 is 1.53 bits per heavy atom. The average Bonchev–Trinajstić information content (AvgIpc) is 2.97. The molecule has 19 heavy (non-hydrogen) atoms. The number of aryl methyl sites for hydroxylation is 2. The van der Waals surface area contributed by atoms with Crippen LogP contribution in [0.4, 0.5) is 0 Å². The molecule has 0 unspecified atom stereocenters. The largest absolute Gasteiger partial charge is 0.361 e. The van der Waals surface area contributed by atoms with Crippen molar-refractivity contribution < 1.29 is 4.52 Å². The Morgan fingerprint density at radius 3 is 3.21 bits per heavy atom. The molecule has 1 atom stereocenters. The molecule has 2 aromatic rings. The molecule has 0 bridgehead atoms. The van der Waals surface area contributed by atoms with Gasteiger partial charge in [0.05, 0.1) is 5.69 Å². The van der Waals surface area contributed by atoms with Gasteiger partial charge in [-0.3, -0.25) is 0 Å². The molecule has 102 valence electrons. The van der Waals surface area contributed by atoms with E-state index in [1.807, 2.05) is 19.2 Å². The zero-order valence-corrected chi connectivity index (χ0v) is 11.5. The minimum Gasteiger partial charge on any atom is -0.361 e. The maximum absolute atomic E-state index is 5.10. The lowest BCUT2D eigenvalue weighted by molar-refractivity contribution is 0.224. The van der Waals surface area contributed by atoms with E-state index in [1.165, 1.54) is 12.2 Å². The van der Waals surface area contributed by atoms with Crippen LogP contribution in [0, 0.1) is 12.8 Å². The van der Waals surface area contributed by atoms with E-state index in [0.717, 1.165) is 37.5 Å². The molecule has 2 aromatic heterocycles. The standard InChI is InChI=1S/C14H20N4O/c1-11-7-13(16-19-11)10-17(2)8-12-3-4-14-15-5-6-18(14)9-12/h5-7,12H,3-4,8-10H2,1-2H3/t12-/m1/s1. The van der Waals surface area contributed by atoms with Gasteiger partial charge in [-0.2, -0.15) is 0 Å². The molecule has 0 saturated carbocycles. The molecule has 0 radical (unpaired) electrons. The van der Waals surface area contributed by atoms with Gasteiger partial charge in [0, 0.05) is 44.5 Å². The molecule has 0 amide bonds. The number of nitrogens with zero attached hydrogens (tertiary/aromatic N) is 4. The molecule has 0 spiro atoms. The van der Waals surface area contributed by atoms with Crippen molar-refractivity contribution in [3.63, 3.8) is 0 Å². The molecule has 5 nitrogen and oxygen atoms in total. The van der Waals surface area contributed by atoms with E-state index in [-0.39, 0.29) is 0 Å². The molecule has 5 heteroatoms. The predicted molar refractivity (Wildman–Crippen MR) is 71.6 cm³/mol. The first kappa shape index (κ1) is 12.4. The fourth-order valence-electron chi connectivity index (χ4n) is 2.86. The Balaban J connectivity index is 1.54. The summed E-state index contributed by atoms with van der Waals surface area (Å²) in [6, 6.07) is 2.01. The molecular formula is C14H20N4O. The number of fused-ring (bicyclic) bond motifs is 1. The van der Waals surface area contributed by atoms with Gasteiger partial charge in [0.2, 0.25) is 0 Å². The first-order valence-electron chi connectivity index (χ1n) is 6.81. The van der Waals surface area contributed by atoms with Gasteiger partial charge in [-0.1, -0.05) is 5.16 Å². The fourth-order valence-corrected chi connectivity index (χ4v) is 2.86. The van der Waals surface area contributed by atoms with Crippen molar-refractivity contribution in [1.29, 1.82) is 0 Å². The molecule has 0 saturated heterocycles.